The van der Waals surface area contributed by atoms with Crippen molar-refractivity contribution in [2.45, 2.75) is 27.7 Å². The van der Waals surface area contributed by atoms with Crippen LogP contribution in [0.15, 0.2) is 0 Å². The molecule has 7 nitrogen and oxygen atoms in total. The number of ether oxygens (including phenoxy) is 1. The van der Waals surface area contributed by atoms with E-state index in [2.05, 4.69) is 0 Å². The smallest absolute Gasteiger partial charge is 0.209 e. The predicted molar refractivity (Wildman–Crippen MR) is 74.3 cm³/mol. The van der Waals surface area contributed by atoms with Crippen molar-refractivity contribution in [1.82, 2.24) is 0 Å². The van der Waals surface area contributed by atoms with Gasteiger partial charge in [0.15, 0.2) is 0 Å². The minimum atomic E-state index is -3.57. The molecule has 0 saturated carbocycles. The van der Waals surface area contributed by atoms with Gasteiger partial charge in [-0.2, -0.15) is 0 Å². The zero-order valence-corrected chi connectivity index (χ0v) is 13.5. The Kier molecular flexibility index (Phi) is 5.97. The van der Waals surface area contributed by atoms with Crippen molar-refractivity contribution in [1.29, 1.82) is 0 Å². The first kappa shape index (κ1) is 18.8. The SMILES string of the molecule is CC(C)(COCC(C)(C)CS(N)(=O)=O)CS(N)(=O)=O. The van der Waals surface area contributed by atoms with Crippen molar-refractivity contribution in [3.05, 3.63) is 0 Å². The Morgan fingerprint density at radius 2 is 1.05 bits per heavy atom. The molecule has 0 aromatic carbocycles. The molecule has 116 valence electrons. The van der Waals surface area contributed by atoms with E-state index in [4.69, 9.17) is 15.0 Å². The van der Waals surface area contributed by atoms with Gasteiger partial charge in [0.25, 0.3) is 0 Å². The Hall–Kier alpha value is -0.220. The molecular weight excluding hydrogens is 292 g/mol. The highest BCUT2D eigenvalue weighted by Crippen LogP contribution is 2.21. The van der Waals surface area contributed by atoms with E-state index in [1.165, 1.54) is 0 Å². The summed E-state index contributed by atoms with van der Waals surface area (Å²) in [6.07, 6.45) is 0. The second-order valence-electron chi connectivity index (χ2n) is 6.44. The lowest BCUT2D eigenvalue weighted by Crippen LogP contribution is -2.36. The van der Waals surface area contributed by atoms with Crippen molar-refractivity contribution >= 4 is 20.0 Å². The maximum absolute atomic E-state index is 11.0. The monoisotopic (exact) mass is 316 g/mol. The number of primary sulfonamides is 2. The van der Waals surface area contributed by atoms with E-state index in [0.717, 1.165) is 0 Å². The van der Waals surface area contributed by atoms with E-state index in [0.29, 0.717) is 0 Å². The fourth-order valence-corrected chi connectivity index (χ4v) is 4.12. The molecule has 0 aliphatic carbocycles. The maximum Gasteiger partial charge on any atom is 0.209 e. The van der Waals surface area contributed by atoms with Gasteiger partial charge in [0.05, 0.1) is 24.7 Å². The lowest BCUT2D eigenvalue weighted by Gasteiger charge is -2.27. The topological polar surface area (TPSA) is 130 Å². The van der Waals surface area contributed by atoms with E-state index in [-0.39, 0.29) is 24.7 Å². The van der Waals surface area contributed by atoms with Crippen LogP contribution >= 0.6 is 0 Å². The molecule has 0 spiro atoms. The van der Waals surface area contributed by atoms with Crippen LogP contribution in [0.1, 0.15) is 27.7 Å². The van der Waals surface area contributed by atoms with Crippen molar-refractivity contribution in [3.63, 3.8) is 0 Å². The molecule has 0 aromatic rings. The van der Waals surface area contributed by atoms with Crippen molar-refractivity contribution in [3.8, 4) is 0 Å². The molecule has 0 bridgehead atoms. The van der Waals surface area contributed by atoms with Crippen LogP contribution in [0.5, 0.6) is 0 Å². The minimum Gasteiger partial charge on any atom is -0.380 e. The van der Waals surface area contributed by atoms with Gasteiger partial charge >= 0.3 is 0 Å². The summed E-state index contributed by atoms with van der Waals surface area (Å²) >= 11 is 0. The third-order valence-electron chi connectivity index (χ3n) is 2.17. The van der Waals surface area contributed by atoms with Crippen molar-refractivity contribution in [2.75, 3.05) is 24.7 Å². The Morgan fingerprint density at radius 1 is 0.789 bits per heavy atom. The van der Waals surface area contributed by atoms with Crippen LogP contribution < -0.4 is 10.3 Å². The van der Waals surface area contributed by atoms with Crippen LogP contribution in [0.3, 0.4) is 0 Å². The largest absolute Gasteiger partial charge is 0.380 e. The molecule has 0 rings (SSSR count). The molecule has 0 atom stereocenters. The van der Waals surface area contributed by atoms with Gasteiger partial charge in [0, 0.05) is 10.8 Å². The molecule has 0 aliphatic heterocycles. The van der Waals surface area contributed by atoms with Gasteiger partial charge in [-0.25, -0.2) is 27.1 Å². The second kappa shape index (κ2) is 6.04. The van der Waals surface area contributed by atoms with Gasteiger partial charge in [0.1, 0.15) is 0 Å². The van der Waals surface area contributed by atoms with Crippen LogP contribution in [0.2, 0.25) is 0 Å². The molecule has 9 heteroatoms. The number of sulfonamides is 2. The van der Waals surface area contributed by atoms with Gasteiger partial charge in [-0.1, -0.05) is 27.7 Å². The molecule has 0 amide bonds. The fraction of sp³-hybridized carbons (Fsp3) is 1.00. The summed E-state index contributed by atoms with van der Waals surface area (Å²) in [4.78, 5) is 0. The van der Waals surface area contributed by atoms with E-state index >= 15 is 0 Å². The van der Waals surface area contributed by atoms with Gasteiger partial charge in [-0.3, -0.25) is 0 Å². The zero-order chi connectivity index (χ0) is 15.5. The Labute approximate surface area is 115 Å². The van der Waals surface area contributed by atoms with Crippen LogP contribution in [-0.2, 0) is 24.8 Å². The summed E-state index contributed by atoms with van der Waals surface area (Å²) in [6.45, 7) is 7.18. The molecule has 0 aromatic heterocycles. The first-order valence-electron chi connectivity index (χ1n) is 5.71. The third kappa shape index (κ3) is 11.3. The molecule has 0 radical (unpaired) electrons. The molecule has 4 N–H and O–H groups in total. The van der Waals surface area contributed by atoms with Crippen LogP contribution in [0.25, 0.3) is 0 Å². The lowest BCUT2D eigenvalue weighted by molar-refractivity contribution is 0.0295. The van der Waals surface area contributed by atoms with Crippen LogP contribution in [-0.4, -0.2) is 41.6 Å². The van der Waals surface area contributed by atoms with Crippen LogP contribution in [0.4, 0.5) is 0 Å². The average Bonchev–Trinajstić information content (AvgIpc) is 1.90. The third-order valence-corrected chi connectivity index (χ3v) is 4.54. The highest BCUT2D eigenvalue weighted by molar-refractivity contribution is 7.89. The fourth-order valence-electron chi connectivity index (χ4n) is 1.78. The summed E-state index contributed by atoms with van der Waals surface area (Å²) in [5.41, 5.74) is -1.27. The van der Waals surface area contributed by atoms with Crippen molar-refractivity contribution in [2.24, 2.45) is 21.1 Å². The normalized spacial score (nSPS) is 14.6. The van der Waals surface area contributed by atoms with Crippen molar-refractivity contribution < 1.29 is 21.6 Å². The Bertz CT molecular complexity index is 448. The molecule has 19 heavy (non-hydrogen) atoms. The first-order valence-corrected chi connectivity index (χ1v) is 9.14. The molecule has 0 heterocycles. The van der Waals surface area contributed by atoms with E-state index in [1.54, 1.807) is 27.7 Å². The summed E-state index contributed by atoms with van der Waals surface area (Å²) < 4.78 is 49.5. The zero-order valence-electron chi connectivity index (χ0n) is 11.8. The summed E-state index contributed by atoms with van der Waals surface area (Å²) in [6, 6.07) is 0. The number of rotatable bonds is 8. The highest BCUT2D eigenvalue weighted by Gasteiger charge is 2.28. The van der Waals surface area contributed by atoms with Gasteiger partial charge in [-0.15, -0.1) is 0 Å². The van der Waals surface area contributed by atoms with E-state index < -0.39 is 30.9 Å². The highest BCUT2D eigenvalue weighted by atomic mass is 32.2. The summed E-state index contributed by atoms with van der Waals surface area (Å²) in [5, 5.41) is 9.97. The summed E-state index contributed by atoms with van der Waals surface area (Å²) in [7, 11) is -7.14. The van der Waals surface area contributed by atoms with Gasteiger partial charge in [-0.05, 0) is 0 Å². The van der Waals surface area contributed by atoms with Gasteiger partial charge in [0.2, 0.25) is 20.0 Å². The molecule has 0 fully saturated rings. The molecule has 0 unspecified atom stereocenters. The Morgan fingerprint density at radius 3 is 1.26 bits per heavy atom. The quantitative estimate of drug-likeness (QED) is 0.631. The molecule has 0 saturated heterocycles. The number of nitrogens with two attached hydrogens (primary N) is 2. The second-order valence-corrected chi connectivity index (χ2v) is 9.66. The molecular formula is C10H24N2O5S2. The lowest BCUT2D eigenvalue weighted by atomic mass is 9.96. The summed E-state index contributed by atoms with van der Waals surface area (Å²) in [5.74, 6) is -0.398. The average molecular weight is 316 g/mol. The van der Waals surface area contributed by atoms with E-state index in [1.807, 2.05) is 0 Å². The number of hydrogen-bond acceptors (Lipinski definition) is 5. The number of hydrogen-bond donors (Lipinski definition) is 2. The molecule has 0 aliphatic rings. The standard InChI is InChI=1S/C10H24N2O5S2/c1-9(2,7-18(11,13)14)5-17-6-10(3,4)8-19(12,15)16/h5-8H2,1-4H3,(H2,11,13,14)(H2,12,15,16). The van der Waals surface area contributed by atoms with E-state index in [9.17, 15) is 16.8 Å². The predicted octanol–water partition coefficient (Wildman–Crippen LogP) is -0.368. The van der Waals surface area contributed by atoms with Crippen LogP contribution in [0, 0.1) is 10.8 Å². The van der Waals surface area contributed by atoms with Gasteiger partial charge < -0.3 is 4.74 Å². The minimum absolute atomic E-state index is 0.164. The first-order chi connectivity index (χ1) is 8.12. The Balaban J connectivity index is 4.37. The maximum atomic E-state index is 11.0.